The Hall–Kier alpha value is -1.57. The highest BCUT2D eigenvalue weighted by molar-refractivity contribution is 6.12. The molecule has 0 aliphatic carbocycles. The van der Waals surface area contributed by atoms with Gasteiger partial charge in [0.1, 0.15) is 0 Å². The maximum absolute atomic E-state index is 8.34. The molecule has 100 valence electrons. The molecule has 2 heteroatoms. The maximum atomic E-state index is 8.34. The molecule has 3 N–H and O–H groups in total. The predicted octanol–water partition coefficient (Wildman–Crippen LogP) is 4.36. The van der Waals surface area contributed by atoms with Gasteiger partial charge in [-0.3, -0.25) is 5.41 Å². The van der Waals surface area contributed by atoms with Crippen LogP contribution in [0.2, 0.25) is 0 Å². The predicted molar refractivity (Wildman–Crippen MR) is 81.8 cm³/mol. The summed E-state index contributed by atoms with van der Waals surface area (Å²) in [6.07, 6.45) is 9.55. The zero-order valence-electron chi connectivity index (χ0n) is 12.1. The fraction of sp³-hybridized carbons (Fsp3) is 0.438. The maximum Gasteiger partial charge on any atom is 0.0663 e. The van der Waals surface area contributed by atoms with Crippen molar-refractivity contribution in [3.8, 4) is 0 Å². The van der Waals surface area contributed by atoms with Crippen LogP contribution in [-0.4, -0.2) is 5.71 Å². The van der Waals surface area contributed by atoms with Gasteiger partial charge in [-0.05, 0) is 37.3 Å². The van der Waals surface area contributed by atoms with Crippen molar-refractivity contribution in [2.75, 3.05) is 0 Å². The molecule has 0 aromatic carbocycles. The average molecular weight is 246 g/mol. The van der Waals surface area contributed by atoms with Gasteiger partial charge in [0, 0.05) is 5.70 Å². The third-order valence-corrected chi connectivity index (χ3v) is 2.84. The number of nitrogens with one attached hydrogen (secondary N) is 1. The molecule has 2 nitrogen and oxygen atoms in total. The zero-order chi connectivity index (χ0) is 14.1. The van der Waals surface area contributed by atoms with Crippen molar-refractivity contribution in [2.24, 2.45) is 11.7 Å². The van der Waals surface area contributed by atoms with Gasteiger partial charge in [0.05, 0.1) is 5.71 Å². The molecule has 0 aliphatic heterocycles. The standard InChI is InChI=1S/C16H26N2/c1-6-9-12(4)15(13(5)17)16(18)14(10-7-2)11-8-3/h7-8,10-12,18H,2,6,9,17H2,1,3-5H3/b11-8-,14-10+,15-13-,18-16?. The van der Waals surface area contributed by atoms with Crippen LogP contribution in [0.4, 0.5) is 0 Å². The van der Waals surface area contributed by atoms with Gasteiger partial charge in [0.25, 0.3) is 0 Å². The van der Waals surface area contributed by atoms with Crippen LogP contribution in [0.5, 0.6) is 0 Å². The summed E-state index contributed by atoms with van der Waals surface area (Å²) in [7, 11) is 0. The Morgan fingerprint density at radius 1 is 1.44 bits per heavy atom. The molecule has 0 saturated heterocycles. The summed E-state index contributed by atoms with van der Waals surface area (Å²) in [6.45, 7) is 11.8. The van der Waals surface area contributed by atoms with E-state index in [-0.39, 0.29) is 0 Å². The van der Waals surface area contributed by atoms with E-state index in [2.05, 4.69) is 20.4 Å². The highest BCUT2D eigenvalue weighted by atomic mass is 14.6. The second kappa shape index (κ2) is 8.51. The Morgan fingerprint density at radius 3 is 2.44 bits per heavy atom. The lowest BCUT2D eigenvalue weighted by Crippen LogP contribution is -2.16. The van der Waals surface area contributed by atoms with Crippen LogP contribution in [0, 0.1) is 11.3 Å². The molecule has 1 unspecified atom stereocenters. The van der Waals surface area contributed by atoms with Gasteiger partial charge < -0.3 is 5.73 Å². The molecule has 0 aliphatic rings. The molecule has 18 heavy (non-hydrogen) atoms. The normalized spacial score (nSPS) is 15.4. The van der Waals surface area contributed by atoms with E-state index in [1.54, 1.807) is 6.08 Å². The minimum Gasteiger partial charge on any atom is -0.402 e. The van der Waals surface area contributed by atoms with Gasteiger partial charge in [-0.2, -0.15) is 0 Å². The van der Waals surface area contributed by atoms with Crippen LogP contribution in [0.25, 0.3) is 0 Å². The molecule has 0 aromatic heterocycles. The average Bonchev–Trinajstić information content (AvgIpc) is 2.28. The van der Waals surface area contributed by atoms with Gasteiger partial charge in [-0.25, -0.2) is 0 Å². The first-order chi connectivity index (χ1) is 8.49. The first-order valence-electron chi connectivity index (χ1n) is 6.50. The summed E-state index contributed by atoms with van der Waals surface area (Å²) >= 11 is 0. The summed E-state index contributed by atoms with van der Waals surface area (Å²) < 4.78 is 0. The Bertz CT molecular complexity index is 380. The number of allylic oxidation sites excluding steroid dienone is 7. The zero-order valence-corrected chi connectivity index (χ0v) is 12.1. The molecule has 0 fully saturated rings. The van der Waals surface area contributed by atoms with Crippen LogP contribution >= 0.6 is 0 Å². The van der Waals surface area contributed by atoms with Crippen LogP contribution in [0.15, 0.2) is 47.7 Å². The van der Waals surface area contributed by atoms with Crippen molar-refractivity contribution in [3.05, 3.63) is 47.7 Å². The van der Waals surface area contributed by atoms with E-state index in [1.807, 2.05) is 32.1 Å². The topological polar surface area (TPSA) is 49.9 Å². The number of hydrogen-bond acceptors (Lipinski definition) is 2. The quantitative estimate of drug-likeness (QED) is 0.509. The van der Waals surface area contributed by atoms with Crippen LogP contribution in [-0.2, 0) is 0 Å². The number of hydrogen-bond donors (Lipinski definition) is 2. The summed E-state index contributed by atoms with van der Waals surface area (Å²) in [5.41, 5.74) is 9.01. The van der Waals surface area contributed by atoms with Crippen molar-refractivity contribution in [3.63, 3.8) is 0 Å². The third kappa shape index (κ3) is 4.74. The van der Waals surface area contributed by atoms with Crippen molar-refractivity contribution in [1.82, 2.24) is 0 Å². The lowest BCUT2D eigenvalue weighted by atomic mass is 9.87. The molecule has 0 rings (SSSR count). The molecular weight excluding hydrogens is 220 g/mol. The Balaban J connectivity index is 5.40. The fourth-order valence-corrected chi connectivity index (χ4v) is 2.09. The van der Waals surface area contributed by atoms with E-state index in [4.69, 9.17) is 11.1 Å². The molecule has 0 radical (unpaired) electrons. The molecule has 0 bridgehead atoms. The molecule has 0 saturated carbocycles. The third-order valence-electron chi connectivity index (χ3n) is 2.84. The molecule has 0 heterocycles. The lowest BCUT2D eigenvalue weighted by Gasteiger charge is -2.19. The van der Waals surface area contributed by atoms with Gasteiger partial charge in [-0.1, -0.05) is 51.2 Å². The minimum absolute atomic E-state index is 0.311. The summed E-state index contributed by atoms with van der Waals surface area (Å²) in [4.78, 5) is 0. The van der Waals surface area contributed by atoms with E-state index < -0.39 is 0 Å². The second-order valence-electron chi connectivity index (χ2n) is 4.52. The lowest BCUT2D eigenvalue weighted by molar-refractivity contribution is 0.613. The van der Waals surface area contributed by atoms with E-state index in [0.29, 0.717) is 11.6 Å². The SMILES string of the molecule is C=C/C=C(\C=C/C)C(=N)/C(=C(/C)N)C(C)CCC. The van der Waals surface area contributed by atoms with Crippen molar-refractivity contribution in [2.45, 2.75) is 40.5 Å². The number of rotatable bonds is 7. The van der Waals surface area contributed by atoms with Crippen molar-refractivity contribution >= 4 is 5.71 Å². The largest absolute Gasteiger partial charge is 0.402 e. The summed E-state index contributed by atoms with van der Waals surface area (Å²) in [6, 6.07) is 0. The van der Waals surface area contributed by atoms with E-state index in [0.717, 1.165) is 29.7 Å². The Labute approximate surface area is 111 Å². The Kier molecular flexibility index (Phi) is 7.77. The van der Waals surface area contributed by atoms with E-state index in [9.17, 15) is 0 Å². The van der Waals surface area contributed by atoms with E-state index in [1.165, 1.54) is 0 Å². The van der Waals surface area contributed by atoms with Crippen molar-refractivity contribution < 1.29 is 0 Å². The molecule has 0 aromatic rings. The minimum atomic E-state index is 0.311. The first-order valence-corrected chi connectivity index (χ1v) is 6.50. The highest BCUT2D eigenvalue weighted by Crippen LogP contribution is 2.23. The molecular formula is C16H26N2. The summed E-state index contributed by atoms with van der Waals surface area (Å²) in [5.74, 6) is 0.311. The molecule has 0 amide bonds. The van der Waals surface area contributed by atoms with E-state index >= 15 is 0 Å². The van der Waals surface area contributed by atoms with Gasteiger partial charge >= 0.3 is 0 Å². The van der Waals surface area contributed by atoms with Gasteiger partial charge in [0.2, 0.25) is 0 Å². The summed E-state index contributed by atoms with van der Waals surface area (Å²) in [5, 5.41) is 8.34. The fourth-order valence-electron chi connectivity index (χ4n) is 2.09. The van der Waals surface area contributed by atoms with Crippen LogP contribution < -0.4 is 5.73 Å². The second-order valence-corrected chi connectivity index (χ2v) is 4.52. The molecule has 0 spiro atoms. The van der Waals surface area contributed by atoms with Gasteiger partial charge in [0.15, 0.2) is 0 Å². The smallest absolute Gasteiger partial charge is 0.0663 e. The van der Waals surface area contributed by atoms with Crippen LogP contribution in [0.3, 0.4) is 0 Å². The highest BCUT2D eigenvalue weighted by Gasteiger charge is 2.17. The number of nitrogens with two attached hydrogens (primary N) is 1. The Morgan fingerprint density at radius 2 is 2.06 bits per heavy atom. The monoisotopic (exact) mass is 246 g/mol. The van der Waals surface area contributed by atoms with Crippen molar-refractivity contribution in [1.29, 1.82) is 5.41 Å². The van der Waals surface area contributed by atoms with Crippen LogP contribution in [0.1, 0.15) is 40.5 Å². The molecule has 1 atom stereocenters. The van der Waals surface area contributed by atoms with Gasteiger partial charge in [-0.15, -0.1) is 0 Å². The first kappa shape index (κ1) is 16.4.